The Morgan fingerprint density at radius 1 is 1.23 bits per heavy atom. The van der Waals surface area contributed by atoms with E-state index in [2.05, 4.69) is 20.8 Å². The highest BCUT2D eigenvalue weighted by Gasteiger charge is 2.11. The standard InChI is InChI=1S/C11H24O2/c1-9(12)8-10(2)13-7-6-11(3,4)5/h9-10,12H,6-8H2,1-5H3. The number of aliphatic hydroxyl groups excluding tert-OH is 1. The average molecular weight is 188 g/mol. The van der Waals surface area contributed by atoms with E-state index >= 15 is 0 Å². The van der Waals surface area contributed by atoms with Gasteiger partial charge in [0.05, 0.1) is 12.2 Å². The van der Waals surface area contributed by atoms with E-state index in [-0.39, 0.29) is 12.2 Å². The van der Waals surface area contributed by atoms with Crippen molar-refractivity contribution in [2.75, 3.05) is 6.61 Å². The van der Waals surface area contributed by atoms with Crippen LogP contribution in [0, 0.1) is 5.41 Å². The number of ether oxygens (including phenoxy) is 1. The zero-order valence-electron chi connectivity index (χ0n) is 9.63. The van der Waals surface area contributed by atoms with Crippen LogP contribution in [0.3, 0.4) is 0 Å². The van der Waals surface area contributed by atoms with Gasteiger partial charge in [0.25, 0.3) is 0 Å². The maximum Gasteiger partial charge on any atom is 0.0571 e. The summed E-state index contributed by atoms with van der Waals surface area (Å²) in [4.78, 5) is 0. The molecule has 2 atom stereocenters. The van der Waals surface area contributed by atoms with Crippen LogP contribution >= 0.6 is 0 Å². The third-order valence-corrected chi connectivity index (χ3v) is 1.93. The second-order valence-corrected chi connectivity index (χ2v) is 5.08. The predicted octanol–water partition coefficient (Wildman–Crippen LogP) is 2.60. The van der Waals surface area contributed by atoms with Gasteiger partial charge in [-0.05, 0) is 32.1 Å². The number of hydrogen-bond acceptors (Lipinski definition) is 2. The van der Waals surface area contributed by atoms with Gasteiger partial charge in [0.1, 0.15) is 0 Å². The van der Waals surface area contributed by atoms with Crippen LogP contribution in [-0.2, 0) is 4.74 Å². The van der Waals surface area contributed by atoms with Crippen molar-refractivity contribution in [3.63, 3.8) is 0 Å². The Bertz CT molecular complexity index is 125. The Morgan fingerprint density at radius 2 is 1.77 bits per heavy atom. The van der Waals surface area contributed by atoms with E-state index in [4.69, 9.17) is 9.84 Å². The highest BCUT2D eigenvalue weighted by molar-refractivity contribution is 4.61. The quantitative estimate of drug-likeness (QED) is 0.718. The molecule has 0 fully saturated rings. The minimum Gasteiger partial charge on any atom is -0.393 e. The van der Waals surface area contributed by atoms with E-state index in [0.717, 1.165) is 19.4 Å². The zero-order chi connectivity index (χ0) is 10.5. The molecule has 0 saturated heterocycles. The van der Waals surface area contributed by atoms with Crippen molar-refractivity contribution in [2.45, 2.75) is 59.7 Å². The molecular weight excluding hydrogens is 164 g/mol. The number of hydrogen-bond donors (Lipinski definition) is 1. The van der Waals surface area contributed by atoms with Crippen LogP contribution in [0.15, 0.2) is 0 Å². The van der Waals surface area contributed by atoms with Crippen molar-refractivity contribution < 1.29 is 9.84 Å². The van der Waals surface area contributed by atoms with Crippen molar-refractivity contribution in [3.8, 4) is 0 Å². The number of rotatable bonds is 5. The molecule has 13 heavy (non-hydrogen) atoms. The Hall–Kier alpha value is -0.0800. The summed E-state index contributed by atoms with van der Waals surface area (Å²) in [6.07, 6.45) is 1.70. The summed E-state index contributed by atoms with van der Waals surface area (Å²) in [5.74, 6) is 0. The molecule has 0 aromatic heterocycles. The molecule has 0 spiro atoms. The molecule has 0 amide bonds. The van der Waals surface area contributed by atoms with E-state index in [1.807, 2.05) is 6.92 Å². The fourth-order valence-electron chi connectivity index (χ4n) is 1.11. The lowest BCUT2D eigenvalue weighted by Crippen LogP contribution is -2.18. The van der Waals surface area contributed by atoms with Gasteiger partial charge in [-0.2, -0.15) is 0 Å². The second-order valence-electron chi connectivity index (χ2n) is 5.08. The maximum atomic E-state index is 9.10. The van der Waals surface area contributed by atoms with Crippen LogP contribution in [0.5, 0.6) is 0 Å². The van der Waals surface area contributed by atoms with Gasteiger partial charge in [-0.15, -0.1) is 0 Å². The van der Waals surface area contributed by atoms with Crippen molar-refractivity contribution in [3.05, 3.63) is 0 Å². The molecular formula is C11H24O2. The molecule has 2 unspecified atom stereocenters. The Kier molecular flexibility index (Phi) is 5.57. The van der Waals surface area contributed by atoms with Crippen molar-refractivity contribution in [1.82, 2.24) is 0 Å². The summed E-state index contributed by atoms with van der Waals surface area (Å²) in [6.45, 7) is 11.2. The lowest BCUT2D eigenvalue weighted by atomic mass is 9.93. The molecule has 0 aliphatic carbocycles. The minimum absolute atomic E-state index is 0.169. The molecule has 0 aromatic carbocycles. The van der Waals surface area contributed by atoms with Crippen molar-refractivity contribution in [2.24, 2.45) is 5.41 Å². The predicted molar refractivity (Wildman–Crippen MR) is 55.8 cm³/mol. The van der Waals surface area contributed by atoms with Crippen molar-refractivity contribution >= 4 is 0 Å². The van der Waals surface area contributed by atoms with Gasteiger partial charge in [0, 0.05) is 6.61 Å². The van der Waals surface area contributed by atoms with E-state index in [1.54, 1.807) is 6.92 Å². The zero-order valence-corrected chi connectivity index (χ0v) is 9.63. The van der Waals surface area contributed by atoms with Crippen LogP contribution in [0.2, 0.25) is 0 Å². The highest BCUT2D eigenvalue weighted by atomic mass is 16.5. The first kappa shape index (κ1) is 12.9. The lowest BCUT2D eigenvalue weighted by molar-refractivity contribution is 0.0182. The van der Waals surface area contributed by atoms with Gasteiger partial charge < -0.3 is 9.84 Å². The minimum atomic E-state index is -0.260. The third-order valence-electron chi connectivity index (χ3n) is 1.93. The third kappa shape index (κ3) is 9.84. The summed E-state index contributed by atoms with van der Waals surface area (Å²) in [5.41, 5.74) is 0.338. The van der Waals surface area contributed by atoms with Gasteiger partial charge in [-0.1, -0.05) is 20.8 Å². The largest absolute Gasteiger partial charge is 0.393 e. The molecule has 0 radical (unpaired) electrons. The van der Waals surface area contributed by atoms with Gasteiger partial charge in [-0.25, -0.2) is 0 Å². The first-order valence-corrected chi connectivity index (χ1v) is 5.11. The van der Waals surface area contributed by atoms with Gasteiger partial charge >= 0.3 is 0 Å². The molecule has 1 N–H and O–H groups in total. The highest BCUT2D eigenvalue weighted by Crippen LogP contribution is 2.18. The summed E-state index contributed by atoms with van der Waals surface area (Å²) >= 11 is 0. The van der Waals surface area contributed by atoms with Crippen LogP contribution in [-0.4, -0.2) is 23.9 Å². The smallest absolute Gasteiger partial charge is 0.0571 e. The van der Waals surface area contributed by atoms with E-state index in [0.29, 0.717) is 5.41 Å². The van der Waals surface area contributed by atoms with E-state index < -0.39 is 0 Å². The molecule has 0 aromatic rings. The van der Waals surface area contributed by atoms with Gasteiger partial charge in [0.15, 0.2) is 0 Å². The van der Waals surface area contributed by atoms with Gasteiger partial charge in [0.2, 0.25) is 0 Å². The number of aliphatic hydroxyl groups is 1. The summed E-state index contributed by atoms with van der Waals surface area (Å²) in [5, 5.41) is 9.10. The van der Waals surface area contributed by atoms with Crippen LogP contribution in [0.4, 0.5) is 0 Å². The van der Waals surface area contributed by atoms with Crippen LogP contribution in [0.25, 0.3) is 0 Å². The fourth-order valence-corrected chi connectivity index (χ4v) is 1.11. The molecule has 0 rings (SSSR count). The first-order chi connectivity index (χ1) is 5.81. The van der Waals surface area contributed by atoms with Crippen LogP contribution < -0.4 is 0 Å². The Balaban J connectivity index is 3.42. The maximum absolute atomic E-state index is 9.10. The lowest BCUT2D eigenvalue weighted by Gasteiger charge is -2.20. The molecule has 0 bridgehead atoms. The van der Waals surface area contributed by atoms with E-state index in [9.17, 15) is 0 Å². The average Bonchev–Trinajstić information content (AvgIpc) is 1.81. The molecule has 0 saturated carbocycles. The summed E-state index contributed by atoms with van der Waals surface area (Å²) in [6, 6.07) is 0. The Labute approximate surface area is 82.3 Å². The Morgan fingerprint density at radius 3 is 2.15 bits per heavy atom. The molecule has 0 aliphatic heterocycles. The fraction of sp³-hybridized carbons (Fsp3) is 1.00. The molecule has 2 heteroatoms. The van der Waals surface area contributed by atoms with Gasteiger partial charge in [-0.3, -0.25) is 0 Å². The van der Waals surface area contributed by atoms with Crippen molar-refractivity contribution in [1.29, 1.82) is 0 Å². The first-order valence-electron chi connectivity index (χ1n) is 5.11. The van der Waals surface area contributed by atoms with Crippen LogP contribution in [0.1, 0.15) is 47.5 Å². The normalized spacial score (nSPS) is 17.1. The molecule has 0 heterocycles. The molecule has 2 nitrogen and oxygen atoms in total. The SMILES string of the molecule is CC(O)CC(C)OCCC(C)(C)C. The monoisotopic (exact) mass is 188 g/mol. The van der Waals surface area contributed by atoms with E-state index in [1.165, 1.54) is 0 Å². The second kappa shape index (κ2) is 5.61. The molecule has 80 valence electrons. The molecule has 0 aliphatic rings. The summed E-state index contributed by atoms with van der Waals surface area (Å²) in [7, 11) is 0. The topological polar surface area (TPSA) is 29.5 Å². The summed E-state index contributed by atoms with van der Waals surface area (Å²) < 4.78 is 5.57.